The first-order chi connectivity index (χ1) is 8.83. The lowest BCUT2D eigenvalue weighted by molar-refractivity contribution is 0.389. The molecule has 1 aromatic heterocycles. The van der Waals surface area contributed by atoms with Crippen LogP contribution in [-0.2, 0) is 0 Å². The fourth-order valence-electron chi connectivity index (χ4n) is 1.55. The molecule has 5 nitrogen and oxygen atoms in total. The molecule has 0 aliphatic rings. The highest BCUT2D eigenvalue weighted by Gasteiger charge is 2.06. The Balaban J connectivity index is 1.98. The van der Waals surface area contributed by atoms with Gasteiger partial charge in [-0.05, 0) is 24.3 Å². The molecule has 0 aliphatic carbocycles. The van der Waals surface area contributed by atoms with Gasteiger partial charge in [0.25, 0.3) is 0 Å². The molecular weight excluding hydrogens is 230 g/mol. The van der Waals surface area contributed by atoms with E-state index in [-0.39, 0.29) is 11.8 Å². The Morgan fingerprint density at radius 3 is 2.39 bits per heavy atom. The highest BCUT2D eigenvalue weighted by atomic mass is 16.5. The van der Waals surface area contributed by atoms with E-state index in [0.29, 0.717) is 16.8 Å². The third-order valence-corrected chi connectivity index (χ3v) is 2.41. The van der Waals surface area contributed by atoms with Crippen molar-refractivity contribution >= 4 is 11.0 Å². The van der Waals surface area contributed by atoms with Crippen LogP contribution in [0.4, 0.5) is 0 Å². The summed E-state index contributed by atoms with van der Waals surface area (Å²) in [6.45, 7) is 0. The van der Waals surface area contributed by atoms with Gasteiger partial charge in [0, 0.05) is 0 Å². The SMILES string of the molecule is Oc1ccccc1Oc1nnc2ccccc2n1. The van der Waals surface area contributed by atoms with Gasteiger partial charge in [0.2, 0.25) is 0 Å². The number of benzene rings is 2. The third-order valence-electron chi connectivity index (χ3n) is 2.41. The highest BCUT2D eigenvalue weighted by molar-refractivity contribution is 5.73. The summed E-state index contributed by atoms with van der Waals surface area (Å²) < 4.78 is 5.38. The smallest absolute Gasteiger partial charge is 0.341 e. The lowest BCUT2D eigenvalue weighted by atomic mass is 10.3. The number of aromatic nitrogens is 3. The summed E-state index contributed by atoms with van der Waals surface area (Å²) in [6, 6.07) is 14.1. The lowest BCUT2D eigenvalue weighted by Crippen LogP contribution is -1.95. The largest absolute Gasteiger partial charge is 0.504 e. The predicted molar refractivity (Wildman–Crippen MR) is 65.5 cm³/mol. The van der Waals surface area contributed by atoms with Crippen LogP contribution in [0.3, 0.4) is 0 Å². The highest BCUT2D eigenvalue weighted by Crippen LogP contribution is 2.28. The number of para-hydroxylation sites is 3. The molecule has 88 valence electrons. The van der Waals surface area contributed by atoms with Crippen LogP contribution in [0.2, 0.25) is 0 Å². The van der Waals surface area contributed by atoms with Crippen LogP contribution in [-0.4, -0.2) is 20.3 Å². The summed E-state index contributed by atoms with van der Waals surface area (Å²) in [7, 11) is 0. The van der Waals surface area contributed by atoms with Crippen LogP contribution in [0.1, 0.15) is 0 Å². The van der Waals surface area contributed by atoms with E-state index in [1.807, 2.05) is 24.3 Å². The van der Waals surface area contributed by atoms with Crippen LogP contribution >= 0.6 is 0 Å². The molecule has 1 N–H and O–H groups in total. The normalized spacial score (nSPS) is 10.4. The van der Waals surface area contributed by atoms with E-state index in [9.17, 15) is 5.11 Å². The fraction of sp³-hybridized carbons (Fsp3) is 0. The van der Waals surface area contributed by atoms with Gasteiger partial charge < -0.3 is 9.84 Å². The molecule has 0 fully saturated rings. The molecule has 0 saturated carbocycles. The number of phenols is 1. The molecule has 0 atom stereocenters. The summed E-state index contributed by atoms with van der Waals surface area (Å²) >= 11 is 0. The molecule has 1 heterocycles. The number of aromatic hydroxyl groups is 1. The zero-order valence-electron chi connectivity index (χ0n) is 9.32. The van der Waals surface area contributed by atoms with Gasteiger partial charge in [0.05, 0.1) is 5.52 Å². The molecule has 3 aromatic rings. The van der Waals surface area contributed by atoms with Crippen molar-refractivity contribution in [1.82, 2.24) is 15.2 Å². The lowest BCUT2D eigenvalue weighted by Gasteiger charge is -2.05. The molecule has 0 bridgehead atoms. The molecule has 0 unspecified atom stereocenters. The number of phenolic OH excluding ortho intramolecular Hbond substituents is 1. The van der Waals surface area contributed by atoms with Crippen molar-refractivity contribution in [3.8, 4) is 17.5 Å². The third kappa shape index (κ3) is 1.93. The van der Waals surface area contributed by atoms with Gasteiger partial charge in [-0.25, -0.2) is 0 Å². The molecule has 0 aliphatic heterocycles. The number of hydrogen-bond acceptors (Lipinski definition) is 5. The molecule has 18 heavy (non-hydrogen) atoms. The maximum Gasteiger partial charge on any atom is 0.341 e. The first-order valence-corrected chi connectivity index (χ1v) is 5.38. The number of hydrogen-bond donors (Lipinski definition) is 1. The van der Waals surface area contributed by atoms with E-state index in [0.717, 1.165) is 0 Å². The van der Waals surface area contributed by atoms with E-state index >= 15 is 0 Å². The zero-order valence-corrected chi connectivity index (χ0v) is 9.32. The molecule has 0 amide bonds. The molecule has 2 aromatic carbocycles. The Labute approximate surface area is 103 Å². The van der Waals surface area contributed by atoms with Crippen LogP contribution < -0.4 is 4.74 Å². The summed E-state index contributed by atoms with van der Waals surface area (Å²) in [5.41, 5.74) is 1.39. The second-order valence-electron chi connectivity index (χ2n) is 3.65. The maximum absolute atomic E-state index is 9.58. The van der Waals surface area contributed by atoms with Gasteiger partial charge in [-0.15, -0.1) is 5.10 Å². The Kier molecular flexibility index (Phi) is 2.49. The van der Waals surface area contributed by atoms with Gasteiger partial charge in [-0.2, -0.15) is 4.98 Å². The van der Waals surface area contributed by atoms with Crippen LogP contribution in [0.25, 0.3) is 11.0 Å². The van der Waals surface area contributed by atoms with E-state index in [2.05, 4.69) is 15.2 Å². The number of ether oxygens (including phenoxy) is 1. The number of nitrogens with zero attached hydrogens (tertiary/aromatic N) is 3. The maximum atomic E-state index is 9.58. The molecule has 0 radical (unpaired) electrons. The standard InChI is InChI=1S/C13H9N3O2/c17-11-7-3-4-8-12(11)18-13-14-9-5-1-2-6-10(9)15-16-13/h1-8,17H. The van der Waals surface area contributed by atoms with Gasteiger partial charge >= 0.3 is 6.01 Å². The van der Waals surface area contributed by atoms with Crippen LogP contribution in [0.15, 0.2) is 48.5 Å². The fourth-order valence-corrected chi connectivity index (χ4v) is 1.55. The van der Waals surface area contributed by atoms with Gasteiger partial charge in [0.1, 0.15) is 5.52 Å². The molecule has 5 heteroatoms. The predicted octanol–water partition coefficient (Wildman–Crippen LogP) is 2.52. The first kappa shape index (κ1) is 10.5. The Morgan fingerprint density at radius 2 is 1.56 bits per heavy atom. The molecule has 3 rings (SSSR count). The van der Waals surface area contributed by atoms with Crippen molar-refractivity contribution in [2.75, 3.05) is 0 Å². The molecule has 0 spiro atoms. The second kappa shape index (κ2) is 4.29. The second-order valence-corrected chi connectivity index (χ2v) is 3.65. The van der Waals surface area contributed by atoms with Gasteiger partial charge in [0.15, 0.2) is 11.5 Å². The monoisotopic (exact) mass is 239 g/mol. The van der Waals surface area contributed by atoms with Crippen LogP contribution in [0.5, 0.6) is 17.5 Å². The average molecular weight is 239 g/mol. The quantitative estimate of drug-likeness (QED) is 0.744. The van der Waals surface area contributed by atoms with E-state index in [1.165, 1.54) is 6.07 Å². The molecular formula is C13H9N3O2. The number of rotatable bonds is 2. The average Bonchev–Trinajstić information content (AvgIpc) is 2.41. The molecule has 0 saturated heterocycles. The summed E-state index contributed by atoms with van der Waals surface area (Å²) in [6.07, 6.45) is 0. The van der Waals surface area contributed by atoms with Crippen molar-refractivity contribution in [3.63, 3.8) is 0 Å². The summed E-state index contributed by atoms with van der Waals surface area (Å²) in [5.74, 6) is 0.337. The minimum atomic E-state index is 0.0364. The van der Waals surface area contributed by atoms with Crippen molar-refractivity contribution < 1.29 is 9.84 Å². The van der Waals surface area contributed by atoms with E-state index in [1.54, 1.807) is 18.2 Å². The van der Waals surface area contributed by atoms with Crippen molar-refractivity contribution in [3.05, 3.63) is 48.5 Å². The van der Waals surface area contributed by atoms with Crippen molar-refractivity contribution in [1.29, 1.82) is 0 Å². The summed E-state index contributed by atoms with van der Waals surface area (Å²) in [4.78, 5) is 4.20. The van der Waals surface area contributed by atoms with Crippen molar-refractivity contribution in [2.24, 2.45) is 0 Å². The van der Waals surface area contributed by atoms with E-state index < -0.39 is 0 Å². The van der Waals surface area contributed by atoms with Crippen LogP contribution in [0, 0.1) is 0 Å². The van der Waals surface area contributed by atoms with Gasteiger partial charge in [-0.3, -0.25) is 0 Å². The minimum absolute atomic E-state index is 0.0364. The van der Waals surface area contributed by atoms with E-state index in [4.69, 9.17) is 4.74 Å². The first-order valence-electron chi connectivity index (χ1n) is 5.38. The van der Waals surface area contributed by atoms with Gasteiger partial charge in [-0.1, -0.05) is 29.4 Å². The topological polar surface area (TPSA) is 68.1 Å². The summed E-state index contributed by atoms with van der Waals surface area (Å²) in [5, 5.41) is 17.4. The minimum Gasteiger partial charge on any atom is -0.504 e. The number of fused-ring (bicyclic) bond motifs is 1. The Morgan fingerprint density at radius 1 is 0.833 bits per heavy atom. The Hall–Kier alpha value is -2.69. The zero-order chi connectivity index (χ0) is 12.4. The Bertz CT molecular complexity index is 700. The van der Waals surface area contributed by atoms with Crippen molar-refractivity contribution in [2.45, 2.75) is 0 Å².